The topological polar surface area (TPSA) is 89.0 Å². The van der Waals surface area contributed by atoms with Gasteiger partial charge in [-0.3, -0.25) is 9.78 Å². The number of hydrogen-bond acceptors (Lipinski definition) is 6. The van der Waals surface area contributed by atoms with E-state index in [1.54, 1.807) is 17.3 Å². The highest BCUT2D eigenvalue weighted by Crippen LogP contribution is 2.52. The number of carbonyl (C=O) groups is 3. The van der Waals surface area contributed by atoms with Crippen molar-refractivity contribution in [1.29, 1.82) is 0 Å². The molecular weight excluding hydrogens is 458 g/mol. The lowest BCUT2D eigenvalue weighted by Crippen LogP contribution is -2.40. The third kappa shape index (κ3) is 3.65. The van der Waals surface area contributed by atoms with Crippen molar-refractivity contribution < 1.29 is 23.9 Å². The number of benzene rings is 1. The average molecular weight is 490 g/mol. The number of fused-ring (bicyclic) bond motifs is 2. The van der Waals surface area contributed by atoms with Crippen molar-refractivity contribution in [3.8, 4) is 0 Å². The van der Waals surface area contributed by atoms with Crippen LogP contribution in [0.5, 0.6) is 0 Å². The van der Waals surface area contributed by atoms with E-state index in [-0.39, 0.29) is 18.0 Å². The van der Waals surface area contributed by atoms with E-state index in [1.165, 1.54) is 5.56 Å². The summed E-state index contributed by atoms with van der Waals surface area (Å²) in [5, 5.41) is 0. The Balaban J connectivity index is 1.13. The Hall–Kier alpha value is -3.42. The molecule has 4 heterocycles. The van der Waals surface area contributed by atoms with Crippen LogP contribution < -0.4 is 0 Å². The molecule has 8 nitrogen and oxygen atoms in total. The van der Waals surface area contributed by atoms with Crippen molar-refractivity contribution in [2.24, 2.45) is 0 Å². The zero-order valence-electron chi connectivity index (χ0n) is 20.6. The molecule has 0 radical (unpaired) electrons. The molecule has 4 aliphatic rings. The van der Waals surface area contributed by atoms with E-state index in [4.69, 9.17) is 9.47 Å². The number of carbonyl (C=O) groups excluding carboxylic acids is 3. The van der Waals surface area contributed by atoms with Crippen molar-refractivity contribution in [2.45, 2.75) is 56.0 Å². The molecule has 2 saturated heterocycles. The van der Waals surface area contributed by atoms with E-state index >= 15 is 0 Å². The Kier molecular flexibility index (Phi) is 5.50. The highest BCUT2D eigenvalue weighted by atomic mass is 16.6. The van der Waals surface area contributed by atoms with E-state index in [1.807, 2.05) is 17.9 Å². The monoisotopic (exact) mass is 489 g/mol. The number of amides is 2. The van der Waals surface area contributed by atoms with Crippen molar-refractivity contribution in [3.63, 3.8) is 0 Å². The van der Waals surface area contributed by atoms with Crippen LogP contribution in [-0.4, -0.2) is 65.5 Å². The molecule has 6 rings (SSSR count). The van der Waals surface area contributed by atoms with Crippen LogP contribution in [0, 0.1) is 0 Å². The Morgan fingerprint density at radius 2 is 1.81 bits per heavy atom. The van der Waals surface area contributed by atoms with Gasteiger partial charge < -0.3 is 19.3 Å². The van der Waals surface area contributed by atoms with Gasteiger partial charge in [-0.05, 0) is 55.7 Å². The number of aromatic nitrogens is 1. The molecule has 0 bridgehead atoms. The first-order valence-corrected chi connectivity index (χ1v) is 13.0. The van der Waals surface area contributed by atoms with Gasteiger partial charge in [0.15, 0.2) is 5.60 Å². The molecule has 1 aromatic heterocycles. The number of pyridine rings is 1. The molecule has 1 spiro atoms. The minimum atomic E-state index is -0.747. The molecule has 188 valence electrons. The highest BCUT2D eigenvalue weighted by molar-refractivity contribution is 5.95. The van der Waals surface area contributed by atoms with E-state index in [2.05, 4.69) is 29.2 Å². The van der Waals surface area contributed by atoms with Crippen LogP contribution in [-0.2, 0) is 25.3 Å². The SMILES string of the molecule is CCOC(=O)N1CCC(c2ccc(C3(C(=O)N4CCC5(C4)OC(=O)c4cnccc45)CC3)cc2)CC1. The summed E-state index contributed by atoms with van der Waals surface area (Å²) in [5.41, 5.74) is 2.46. The minimum Gasteiger partial charge on any atom is -0.450 e. The van der Waals surface area contributed by atoms with Gasteiger partial charge >= 0.3 is 12.1 Å². The lowest BCUT2D eigenvalue weighted by Gasteiger charge is -2.31. The zero-order chi connectivity index (χ0) is 24.9. The second-order valence-electron chi connectivity index (χ2n) is 10.4. The standard InChI is InChI=1S/C28H31N3O5/c1-2-35-26(34)30-14-8-20(9-15-30)19-3-5-21(6-4-19)27(10-11-27)25(33)31-16-12-28(18-31)23-7-13-29-17-22(23)24(32)36-28/h3-7,13,17,20H,2,8-12,14-16,18H2,1H3. The molecular formula is C28H31N3O5. The second-order valence-corrected chi connectivity index (χ2v) is 10.4. The maximum Gasteiger partial charge on any atom is 0.409 e. The Labute approximate surface area is 210 Å². The van der Waals surface area contributed by atoms with Crippen molar-refractivity contribution in [3.05, 3.63) is 65.0 Å². The number of rotatable bonds is 4. The summed E-state index contributed by atoms with van der Waals surface area (Å²) in [7, 11) is 0. The fourth-order valence-corrected chi connectivity index (χ4v) is 6.24. The number of esters is 1. The van der Waals surface area contributed by atoms with Crippen molar-refractivity contribution in [2.75, 3.05) is 32.8 Å². The van der Waals surface area contributed by atoms with Gasteiger partial charge in [0, 0.05) is 44.0 Å². The third-order valence-electron chi connectivity index (χ3n) is 8.45. The molecule has 36 heavy (non-hydrogen) atoms. The van der Waals surface area contributed by atoms with E-state index in [0.717, 1.165) is 36.8 Å². The molecule has 1 atom stereocenters. The molecule has 2 aromatic rings. The number of hydrogen-bond donors (Lipinski definition) is 0. The normalized spacial score (nSPS) is 24.5. The van der Waals surface area contributed by atoms with Crippen LogP contribution in [0.4, 0.5) is 4.79 Å². The maximum atomic E-state index is 13.7. The first-order chi connectivity index (χ1) is 17.5. The van der Waals surface area contributed by atoms with Crippen LogP contribution in [0.15, 0.2) is 42.7 Å². The van der Waals surface area contributed by atoms with Gasteiger partial charge in [0.25, 0.3) is 0 Å². The molecule has 2 amide bonds. The third-order valence-corrected chi connectivity index (χ3v) is 8.45. The summed E-state index contributed by atoms with van der Waals surface area (Å²) >= 11 is 0. The molecule has 3 fully saturated rings. The summed E-state index contributed by atoms with van der Waals surface area (Å²) in [6.07, 6.45) is 7.12. The lowest BCUT2D eigenvalue weighted by molar-refractivity contribution is -0.134. The van der Waals surface area contributed by atoms with Crippen LogP contribution >= 0.6 is 0 Å². The van der Waals surface area contributed by atoms with Gasteiger partial charge in [0.1, 0.15) is 0 Å². The van der Waals surface area contributed by atoms with Gasteiger partial charge in [-0.1, -0.05) is 24.3 Å². The summed E-state index contributed by atoms with van der Waals surface area (Å²) in [6, 6.07) is 10.4. The second kappa shape index (κ2) is 8.61. The van der Waals surface area contributed by atoms with E-state index in [9.17, 15) is 14.4 Å². The molecule has 0 N–H and O–H groups in total. The summed E-state index contributed by atoms with van der Waals surface area (Å²) < 4.78 is 10.9. The average Bonchev–Trinajstić information content (AvgIpc) is 3.54. The Morgan fingerprint density at radius 1 is 1.06 bits per heavy atom. The van der Waals surface area contributed by atoms with E-state index in [0.29, 0.717) is 50.7 Å². The predicted octanol–water partition coefficient (Wildman–Crippen LogP) is 3.75. The summed E-state index contributed by atoms with van der Waals surface area (Å²) in [6.45, 7) is 4.60. The molecule has 8 heteroatoms. The van der Waals surface area contributed by atoms with Crippen LogP contribution in [0.2, 0.25) is 0 Å². The van der Waals surface area contributed by atoms with E-state index < -0.39 is 11.0 Å². The number of piperidine rings is 1. The largest absolute Gasteiger partial charge is 0.450 e. The van der Waals surface area contributed by atoms with Crippen LogP contribution in [0.1, 0.15) is 72.0 Å². The first-order valence-electron chi connectivity index (χ1n) is 13.0. The summed E-state index contributed by atoms with van der Waals surface area (Å²) in [5.74, 6) is 0.186. The van der Waals surface area contributed by atoms with Crippen LogP contribution in [0.3, 0.4) is 0 Å². The quantitative estimate of drug-likeness (QED) is 0.608. The number of nitrogens with zero attached hydrogens (tertiary/aromatic N) is 3. The smallest absolute Gasteiger partial charge is 0.409 e. The Morgan fingerprint density at radius 3 is 2.50 bits per heavy atom. The van der Waals surface area contributed by atoms with Crippen LogP contribution in [0.25, 0.3) is 0 Å². The van der Waals surface area contributed by atoms with Gasteiger partial charge in [0.05, 0.1) is 24.1 Å². The highest BCUT2D eigenvalue weighted by Gasteiger charge is 2.57. The predicted molar refractivity (Wildman–Crippen MR) is 130 cm³/mol. The molecule has 1 unspecified atom stereocenters. The number of likely N-dealkylation sites (tertiary alicyclic amines) is 2. The van der Waals surface area contributed by atoms with Gasteiger partial charge in [-0.15, -0.1) is 0 Å². The van der Waals surface area contributed by atoms with Crippen molar-refractivity contribution in [1.82, 2.24) is 14.8 Å². The minimum absolute atomic E-state index is 0.133. The first kappa shape index (κ1) is 23.0. The Bertz CT molecular complexity index is 1200. The molecule has 1 saturated carbocycles. The summed E-state index contributed by atoms with van der Waals surface area (Å²) in [4.78, 5) is 45.8. The lowest BCUT2D eigenvalue weighted by atomic mass is 9.86. The molecule has 1 aromatic carbocycles. The maximum absolute atomic E-state index is 13.7. The fraction of sp³-hybridized carbons (Fsp3) is 0.500. The zero-order valence-corrected chi connectivity index (χ0v) is 20.6. The molecule has 1 aliphatic carbocycles. The van der Waals surface area contributed by atoms with Gasteiger partial charge in [-0.2, -0.15) is 0 Å². The van der Waals surface area contributed by atoms with Gasteiger partial charge in [0.2, 0.25) is 5.91 Å². The van der Waals surface area contributed by atoms with Crippen molar-refractivity contribution >= 4 is 18.0 Å². The fourth-order valence-electron chi connectivity index (χ4n) is 6.24. The number of ether oxygens (including phenoxy) is 2. The van der Waals surface area contributed by atoms with Gasteiger partial charge in [-0.25, -0.2) is 9.59 Å². The molecule has 3 aliphatic heterocycles.